The molecular weight excluding hydrogens is 334 g/mol. The molecule has 1 spiro atoms. The van der Waals surface area contributed by atoms with Crippen LogP contribution in [0.1, 0.15) is 24.3 Å². The van der Waals surface area contributed by atoms with E-state index in [9.17, 15) is 4.79 Å². The molecule has 2 aromatic rings. The number of thiazole rings is 1. The lowest BCUT2D eigenvalue weighted by Crippen LogP contribution is -2.59. The van der Waals surface area contributed by atoms with E-state index in [2.05, 4.69) is 9.88 Å². The molecule has 2 aliphatic heterocycles. The standard InChI is InChI=1S/C19H23N3O2S/c23-18-19(8-4-5-10-22(18)16-6-2-1-3-7-16)15-21(11-12-24-19)14-17-20-9-13-25-17/h1-3,6-7,9,13H,4-5,8,10-12,14-15H2. The highest BCUT2D eigenvalue weighted by Gasteiger charge is 2.47. The maximum atomic E-state index is 13.4. The van der Waals surface area contributed by atoms with Crippen LogP contribution in [0.25, 0.3) is 0 Å². The molecule has 4 rings (SSSR count). The lowest BCUT2D eigenvalue weighted by atomic mass is 9.94. The van der Waals surface area contributed by atoms with Crippen molar-refractivity contribution in [1.82, 2.24) is 9.88 Å². The third-order valence-electron chi connectivity index (χ3n) is 5.02. The lowest BCUT2D eigenvalue weighted by Gasteiger charge is -2.42. The van der Waals surface area contributed by atoms with E-state index in [0.717, 1.165) is 49.6 Å². The minimum absolute atomic E-state index is 0.111. The van der Waals surface area contributed by atoms with E-state index in [1.807, 2.05) is 46.8 Å². The van der Waals surface area contributed by atoms with Crippen LogP contribution in [-0.4, -0.2) is 47.6 Å². The van der Waals surface area contributed by atoms with Crippen molar-refractivity contribution in [3.63, 3.8) is 0 Å². The summed E-state index contributed by atoms with van der Waals surface area (Å²) >= 11 is 1.67. The first-order valence-electron chi connectivity index (χ1n) is 8.89. The van der Waals surface area contributed by atoms with Gasteiger partial charge in [-0.15, -0.1) is 11.3 Å². The van der Waals surface area contributed by atoms with E-state index in [0.29, 0.717) is 13.2 Å². The molecule has 1 aromatic carbocycles. The Morgan fingerprint density at radius 1 is 1.20 bits per heavy atom. The zero-order valence-electron chi connectivity index (χ0n) is 14.3. The molecule has 2 fully saturated rings. The number of hydrogen-bond acceptors (Lipinski definition) is 5. The summed E-state index contributed by atoms with van der Waals surface area (Å²) < 4.78 is 6.15. The van der Waals surface area contributed by atoms with Crippen LogP contribution in [0.5, 0.6) is 0 Å². The van der Waals surface area contributed by atoms with Gasteiger partial charge in [-0.3, -0.25) is 9.69 Å². The largest absolute Gasteiger partial charge is 0.362 e. The van der Waals surface area contributed by atoms with Gasteiger partial charge in [0, 0.05) is 36.9 Å². The minimum Gasteiger partial charge on any atom is -0.362 e. The predicted octanol–water partition coefficient (Wildman–Crippen LogP) is 2.93. The molecule has 6 heteroatoms. The van der Waals surface area contributed by atoms with Gasteiger partial charge in [0.1, 0.15) is 5.01 Å². The molecule has 0 N–H and O–H groups in total. The normalized spacial score (nSPS) is 25.3. The molecule has 25 heavy (non-hydrogen) atoms. The number of para-hydroxylation sites is 1. The Kier molecular flexibility index (Phi) is 4.83. The van der Waals surface area contributed by atoms with Crippen LogP contribution >= 0.6 is 11.3 Å². The highest BCUT2D eigenvalue weighted by Crippen LogP contribution is 2.32. The Bertz CT molecular complexity index is 707. The summed E-state index contributed by atoms with van der Waals surface area (Å²) in [6.07, 6.45) is 4.66. The number of anilines is 1. The van der Waals surface area contributed by atoms with Gasteiger partial charge in [-0.05, 0) is 31.4 Å². The summed E-state index contributed by atoms with van der Waals surface area (Å²) in [5, 5.41) is 3.09. The maximum absolute atomic E-state index is 13.4. The number of carbonyl (C=O) groups excluding carboxylic acids is 1. The molecule has 2 saturated heterocycles. The first kappa shape index (κ1) is 16.7. The highest BCUT2D eigenvalue weighted by molar-refractivity contribution is 7.09. The number of hydrogen-bond donors (Lipinski definition) is 0. The summed E-state index contributed by atoms with van der Waals surface area (Å²) in [7, 11) is 0. The molecule has 1 aromatic heterocycles. The Labute approximate surface area is 152 Å². The topological polar surface area (TPSA) is 45.7 Å². The number of morpholine rings is 1. The van der Waals surface area contributed by atoms with Crippen LogP contribution in [0, 0.1) is 0 Å². The third-order valence-corrected chi connectivity index (χ3v) is 5.79. The molecule has 132 valence electrons. The van der Waals surface area contributed by atoms with Crippen molar-refractivity contribution >= 4 is 22.9 Å². The van der Waals surface area contributed by atoms with Crippen molar-refractivity contribution < 1.29 is 9.53 Å². The van der Waals surface area contributed by atoms with E-state index in [1.165, 1.54) is 0 Å². The second-order valence-corrected chi connectivity index (χ2v) is 7.71. The number of aromatic nitrogens is 1. The molecule has 3 heterocycles. The quantitative estimate of drug-likeness (QED) is 0.847. The van der Waals surface area contributed by atoms with E-state index >= 15 is 0 Å². The summed E-state index contributed by atoms with van der Waals surface area (Å²) in [6, 6.07) is 9.96. The molecule has 0 aliphatic carbocycles. The summed E-state index contributed by atoms with van der Waals surface area (Å²) in [5.41, 5.74) is 0.247. The third kappa shape index (κ3) is 3.47. The molecule has 2 aliphatic rings. The van der Waals surface area contributed by atoms with Gasteiger partial charge in [0.15, 0.2) is 5.60 Å². The molecule has 1 atom stereocenters. The zero-order valence-corrected chi connectivity index (χ0v) is 15.1. The van der Waals surface area contributed by atoms with Crippen LogP contribution in [0.4, 0.5) is 5.69 Å². The SMILES string of the molecule is O=C1N(c2ccccc2)CCCCC12CN(Cc1nccs1)CCO2. The van der Waals surface area contributed by atoms with E-state index in [4.69, 9.17) is 4.74 Å². The van der Waals surface area contributed by atoms with Crippen LogP contribution in [0.15, 0.2) is 41.9 Å². The number of rotatable bonds is 3. The van der Waals surface area contributed by atoms with Crippen molar-refractivity contribution in [3.8, 4) is 0 Å². The van der Waals surface area contributed by atoms with E-state index < -0.39 is 5.60 Å². The van der Waals surface area contributed by atoms with E-state index in [1.54, 1.807) is 11.3 Å². The first-order chi connectivity index (χ1) is 12.3. The first-order valence-corrected chi connectivity index (χ1v) is 9.77. The number of amides is 1. The molecule has 0 radical (unpaired) electrons. The number of ether oxygens (including phenoxy) is 1. The molecule has 0 bridgehead atoms. The molecule has 1 amide bonds. The molecular formula is C19H23N3O2S. The van der Waals surface area contributed by atoms with Gasteiger partial charge in [-0.2, -0.15) is 0 Å². The average molecular weight is 357 g/mol. The number of nitrogens with zero attached hydrogens (tertiary/aromatic N) is 3. The average Bonchev–Trinajstić information content (AvgIpc) is 3.10. The van der Waals surface area contributed by atoms with Crippen molar-refractivity contribution in [2.24, 2.45) is 0 Å². The molecule has 0 saturated carbocycles. The summed E-state index contributed by atoms with van der Waals surface area (Å²) in [5.74, 6) is 0.111. The lowest BCUT2D eigenvalue weighted by molar-refractivity contribution is -0.158. The smallest absolute Gasteiger partial charge is 0.260 e. The number of benzene rings is 1. The molecule has 1 unspecified atom stereocenters. The van der Waals surface area contributed by atoms with Crippen molar-refractivity contribution in [2.45, 2.75) is 31.4 Å². The van der Waals surface area contributed by atoms with Crippen molar-refractivity contribution in [3.05, 3.63) is 46.9 Å². The fraction of sp³-hybridized carbons (Fsp3) is 0.474. The maximum Gasteiger partial charge on any atom is 0.260 e. The Morgan fingerprint density at radius 2 is 2.08 bits per heavy atom. The van der Waals surface area contributed by atoms with Crippen molar-refractivity contribution in [2.75, 3.05) is 31.1 Å². The summed E-state index contributed by atoms with van der Waals surface area (Å²) in [4.78, 5) is 22.0. The van der Waals surface area contributed by atoms with Crippen LogP contribution in [-0.2, 0) is 16.1 Å². The monoisotopic (exact) mass is 357 g/mol. The Balaban J connectivity index is 1.56. The van der Waals surface area contributed by atoms with Gasteiger partial charge in [-0.1, -0.05) is 18.2 Å². The van der Waals surface area contributed by atoms with Crippen LogP contribution < -0.4 is 4.90 Å². The fourth-order valence-corrected chi connectivity index (χ4v) is 4.44. The van der Waals surface area contributed by atoms with Crippen LogP contribution in [0.3, 0.4) is 0 Å². The van der Waals surface area contributed by atoms with Gasteiger partial charge in [-0.25, -0.2) is 4.98 Å². The van der Waals surface area contributed by atoms with Gasteiger partial charge in [0.2, 0.25) is 0 Å². The predicted molar refractivity (Wildman–Crippen MR) is 98.7 cm³/mol. The van der Waals surface area contributed by atoms with Crippen LogP contribution in [0.2, 0.25) is 0 Å². The second-order valence-electron chi connectivity index (χ2n) is 6.73. The van der Waals surface area contributed by atoms with Gasteiger partial charge >= 0.3 is 0 Å². The highest BCUT2D eigenvalue weighted by atomic mass is 32.1. The van der Waals surface area contributed by atoms with Gasteiger partial charge in [0.05, 0.1) is 13.2 Å². The van der Waals surface area contributed by atoms with Crippen molar-refractivity contribution in [1.29, 1.82) is 0 Å². The zero-order chi connectivity index (χ0) is 17.1. The van der Waals surface area contributed by atoms with Gasteiger partial charge in [0.25, 0.3) is 5.91 Å². The molecule has 5 nitrogen and oxygen atoms in total. The number of carbonyl (C=O) groups is 1. The summed E-state index contributed by atoms with van der Waals surface area (Å²) in [6.45, 7) is 3.65. The van der Waals surface area contributed by atoms with Gasteiger partial charge < -0.3 is 9.64 Å². The second kappa shape index (κ2) is 7.23. The fourth-order valence-electron chi connectivity index (χ4n) is 3.78. The van der Waals surface area contributed by atoms with E-state index in [-0.39, 0.29) is 5.91 Å². The minimum atomic E-state index is -0.720. The Morgan fingerprint density at radius 3 is 2.88 bits per heavy atom. The Hall–Kier alpha value is -1.76.